The molecule has 0 radical (unpaired) electrons. The predicted molar refractivity (Wildman–Crippen MR) is 101 cm³/mol. The van der Waals surface area contributed by atoms with E-state index in [0.717, 1.165) is 44.1 Å². The van der Waals surface area contributed by atoms with Gasteiger partial charge in [0.05, 0.1) is 25.4 Å². The van der Waals surface area contributed by atoms with E-state index in [1.807, 2.05) is 6.07 Å². The molecule has 5 heteroatoms. The molecule has 0 bridgehead atoms. The van der Waals surface area contributed by atoms with Gasteiger partial charge in [-0.3, -0.25) is 9.80 Å². The van der Waals surface area contributed by atoms with Crippen LogP contribution in [0.1, 0.15) is 11.1 Å². The summed E-state index contributed by atoms with van der Waals surface area (Å²) in [7, 11) is 0. The quantitative estimate of drug-likeness (QED) is 0.845. The first-order valence-corrected chi connectivity index (χ1v) is 9.16. The Hall–Kier alpha value is -2.37. The van der Waals surface area contributed by atoms with Crippen molar-refractivity contribution in [2.75, 3.05) is 44.4 Å². The van der Waals surface area contributed by atoms with Gasteiger partial charge in [-0.15, -0.1) is 0 Å². The van der Waals surface area contributed by atoms with Crippen LogP contribution in [0.15, 0.2) is 42.5 Å². The lowest BCUT2D eigenvalue weighted by Gasteiger charge is -2.28. The minimum absolute atomic E-state index is 0.263. The summed E-state index contributed by atoms with van der Waals surface area (Å²) in [5.74, 6) is 0. The number of ether oxygens (including phenoxy) is 2. The van der Waals surface area contributed by atoms with Crippen molar-refractivity contribution in [1.82, 2.24) is 4.90 Å². The number of hydrogen-bond donors (Lipinski definition) is 0. The Kier molecular flexibility index (Phi) is 4.91. The number of cyclic esters (lactones) is 1. The van der Waals surface area contributed by atoms with Gasteiger partial charge in [0.1, 0.15) is 6.61 Å². The number of carbonyl (C=O) groups excluding carboxylic acids is 1. The normalized spacial score (nSPS) is 18.2. The van der Waals surface area contributed by atoms with Gasteiger partial charge in [0.25, 0.3) is 0 Å². The number of carbonyl (C=O) groups is 1. The Balaban J connectivity index is 1.73. The highest BCUT2D eigenvalue weighted by Crippen LogP contribution is 2.35. The van der Waals surface area contributed by atoms with E-state index in [1.54, 1.807) is 4.90 Å². The highest BCUT2D eigenvalue weighted by atomic mass is 16.6. The SMILES string of the molecule is Cc1ccc(N2CCOC2=O)c(-c2ccccc2CN2CCOCC2)c1. The summed E-state index contributed by atoms with van der Waals surface area (Å²) in [6, 6.07) is 14.7. The van der Waals surface area contributed by atoms with Crippen LogP contribution in [0.4, 0.5) is 10.5 Å². The lowest BCUT2D eigenvalue weighted by Crippen LogP contribution is -2.35. The maximum Gasteiger partial charge on any atom is 0.414 e. The van der Waals surface area contributed by atoms with Crippen molar-refractivity contribution in [3.8, 4) is 11.1 Å². The first kappa shape index (κ1) is 17.1. The maximum atomic E-state index is 12.1. The zero-order valence-corrected chi connectivity index (χ0v) is 15.1. The minimum Gasteiger partial charge on any atom is -0.447 e. The molecule has 0 saturated carbocycles. The maximum absolute atomic E-state index is 12.1. The van der Waals surface area contributed by atoms with Crippen LogP contribution in [0.25, 0.3) is 11.1 Å². The zero-order valence-electron chi connectivity index (χ0n) is 15.1. The van der Waals surface area contributed by atoms with Crippen molar-refractivity contribution >= 4 is 11.8 Å². The van der Waals surface area contributed by atoms with E-state index in [-0.39, 0.29) is 6.09 Å². The number of aryl methyl sites for hydroxylation is 1. The number of anilines is 1. The molecule has 2 aromatic carbocycles. The van der Waals surface area contributed by atoms with E-state index in [4.69, 9.17) is 9.47 Å². The average Bonchev–Trinajstić information content (AvgIpc) is 3.09. The lowest BCUT2D eigenvalue weighted by atomic mass is 9.95. The highest BCUT2D eigenvalue weighted by Gasteiger charge is 2.26. The molecule has 2 heterocycles. The zero-order chi connectivity index (χ0) is 17.9. The number of amides is 1. The molecule has 4 rings (SSSR count). The summed E-state index contributed by atoms with van der Waals surface area (Å²) in [6.45, 7) is 7.50. The average molecular weight is 352 g/mol. The molecule has 0 spiro atoms. The van der Waals surface area contributed by atoms with E-state index >= 15 is 0 Å². The molecule has 2 fully saturated rings. The third-order valence-corrected chi connectivity index (χ3v) is 5.01. The molecule has 26 heavy (non-hydrogen) atoms. The topological polar surface area (TPSA) is 42.0 Å². The van der Waals surface area contributed by atoms with E-state index < -0.39 is 0 Å². The van der Waals surface area contributed by atoms with Crippen LogP contribution < -0.4 is 4.90 Å². The third-order valence-electron chi connectivity index (χ3n) is 5.01. The van der Waals surface area contributed by atoms with Crippen molar-refractivity contribution in [1.29, 1.82) is 0 Å². The van der Waals surface area contributed by atoms with Crippen LogP contribution in [-0.4, -0.2) is 50.4 Å². The van der Waals surface area contributed by atoms with Crippen LogP contribution in [0, 0.1) is 6.92 Å². The second-order valence-electron chi connectivity index (χ2n) is 6.83. The summed E-state index contributed by atoms with van der Waals surface area (Å²) < 4.78 is 10.6. The fraction of sp³-hybridized carbons (Fsp3) is 0.381. The van der Waals surface area contributed by atoms with Gasteiger partial charge >= 0.3 is 6.09 Å². The smallest absolute Gasteiger partial charge is 0.414 e. The number of hydrogen-bond acceptors (Lipinski definition) is 4. The Morgan fingerprint density at radius 2 is 1.77 bits per heavy atom. The molecule has 2 aromatic rings. The Morgan fingerprint density at radius 3 is 2.54 bits per heavy atom. The summed E-state index contributed by atoms with van der Waals surface area (Å²) in [5, 5.41) is 0. The molecule has 0 aliphatic carbocycles. The van der Waals surface area contributed by atoms with Crippen LogP contribution in [0.5, 0.6) is 0 Å². The van der Waals surface area contributed by atoms with Gasteiger partial charge in [-0.25, -0.2) is 4.79 Å². The second-order valence-corrected chi connectivity index (χ2v) is 6.83. The second kappa shape index (κ2) is 7.48. The van der Waals surface area contributed by atoms with E-state index in [9.17, 15) is 4.79 Å². The summed E-state index contributed by atoms with van der Waals surface area (Å²) in [6.07, 6.45) is -0.263. The van der Waals surface area contributed by atoms with Gasteiger partial charge in [0, 0.05) is 25.2 Å². The molecule has 5 nitrogen and oxygen atoms in total. The summed E-state index contributed by atoms with van der Waals surface area (Å²) >= 11 is 0. The Bertz CT molecular complexity index is 800. The molecule has 0 unspecified atom stereocenters. The Labute approximate surface area is 154 Å². The van der Waals surface area contributed by atoms with Gasteiger partial charge in [-0.1, -0.05) is 35.9 Å². The first-order chi connectivity index (χ1) is 12.7. The number of benzene rings is 2. The molecule has 2 saturated heterocycles. The fourth-order valence-electron chi connectivity index (χ4n) is 3.63. The number of nitrogens with zero attached hydrogens (tertiary/aromatic N) is 2. The largest absolute Gasteiger partial charge is 0.447 e. The third kappa shape index (κ3) is 3.45. The van der Waals surface area contributed by atoms with Crippen molar-refractivity contribution in [3.05, 3.63) is 53.6 Å². The van der Waals surface area contributed by atoms with Crippen LogP contribution in [-0.2, 0) is 16.0 Å². The summed E-state index contributed by atoms with van der Waals surface area (Å²) in [4.78, 5) is 16.3. The molecule has 1 amide bonds. The first-order valence-electron chi connectivity index (χ1n) is 9.16. The van der Waals surface area contributed by atoms with Gasteiger partial charge in [-0.05, 0) is 30.2 Å². The van der Waals surface area contributed by atoms with E-state index in [2.05, 4.69) is 48.2 Å². The van der Waals surface area contributed by atoms with Crippen molar-refractivity contribution < 1.29 is 14.3 Å². The fourth-order valence-corrected chi connectivity index (χ4v) is 3.63. The molecule has 0 atom stereocenters. The predicted octanol–water partition coefficient (Wildman–Crippen LogP) is 3.45. The lowest BCUT2D eigenvalue weighted by molar-refractivity contribution is 0.0342. The van der Waals surface area contributed by atoms with E-state index in [1.165, 1.54) is 16.7 Å². The van der Waals surface area contributed by atoms with Gasteiger partial charge in [0.15, 0.2) is 0 Å². The number of rotatable bonds is 4. The van der Waals surface area contributed by atoms with Gasteiger partial charge in [0.2, 0.25) is 0 Å². The van der Waals surface area contributed by atoms with Crippen LogP contribution in [0.3, 0.4) is 0 Å². The Morgan fingerprint density at radius 1 is 0.962 bits per heavy atom. The standard InChI is InChI=1S/C21H24N2O3/c1-16-6-7-20(23-10-13-26-21(23)24)19(14-16)18-5-3-2-4-17(18)15-22-8-11-25-12-9-22/h2-7,14H,8-13,15H2,1H3. The number of morpholine rings is 1. The van der Waals surface area contributed by atoms with Gasteiger partial charge < -0.3 is 9.47 Å². The molecule has 136 valence electrons. The summed E-state index contributed by atoms with van der Waals surface area (Å²) in [5.41, 5.74) is 5.64. The van der Waals surface area contributed by atoms with Crippen molar-refractivity contribution in [2.45, 2.75) is 13.5 Å². The van der Waals surface area contributed by atoms with Crippen molar-refractivity contribution in [3.63, 3.8) is 0 Å². The molecule has 2 aliphatic heterocycles. The molecule has 0 aromatic heterocycles. The highest BCUT2D eigenvalue weighted by molar-refractivity contribution is 5.95. The van der Waals surface area contributed by atoms with Crippen LogP contribution in [0.2, 0.25) is 0 Å². The molecular formula is C21H24N2O3. The van der Waals surface area contributed by atoms with Gasteiger partial charge in [-0.2, -0.15) is 0 Å². The molecule has 2 aliphatic rings. The monoisotopic (exact) mass is 352 g/mol. The molecular weight excluding hydrogens is 328 g/mol. The van der Waals surface area contributed by atoms with Crippen molar-refractivity contribution in [2.24, 2.45) is 0 Å². The molecule has 0 N–H and O–H groups in total. The minimum atomic E-state index is -0.263. The van der Waals surface area contributed by atoms with Crippen LogP contribution >= 0.6 is 0 Å². The van der Waals surface area contributed by atoms with E-state index in [0.29, 0.717) is 13.2 Å².